The number of fused-ring (bicyclic) bond motifs is 1. The van der Waals surface area contributed by atoms with Crippen molar-refractivity contribution in [3.63, 3.8) is 0 Å². The maximum atomic E-state index is 12.6. The van der Waals surface area contributed by atoms with Crippen LogP contribution in [0.3, 0.4) is 0 Å². The third kappa shape index (κ3) is 2.69. The summed E-state index contributed by atoms with van der Waals surface area (Å²) in [5.41, 5.74) is 0.261. The molecular weight excluding hydrogens is 344 g/mol. The average molecular weight is 362 g/mol. The van der Waals surface area contributed by atoms with Gasteiger partial charge in [-0.3, -0.25) is 4.79 Å². The monoisotopic (exact) mass is 362 g/mol. The summed E-state index contributed by atoms with van der Waals surface area (Å²) in [5.74, 6) is -0.753. The number of carbonyl (C=O) groups excluding carboxylic acids is 1. The number of methoxy groups -OCH3 is 3. The Bertz CT molecular complexity index is 874. The summed E-state index contributed by atoms with van der Waals surface area (Å²) in [6, 6.07) is 3.95. The molecule has 0 saturated heterocycles. The van der Waals surface area contributed by atoms with Crippen LogP contribution in [-0.4, -0.2) is 42.4 Å². The van der Waals surface area contributed by atoms with E-state index in [0.717, 1.165) is 6.07 Å². The second-order valence-corrected chi connectivity index (χ2v) is 5.65. The summed E-state index contributed by atoms with van der Waals surface area (Å²) in [6.07, 6.45) is -0.959. The smallest absolute Gasteiger partial charge is 0.204 e. The number of ether oxygens (including phenoxy) is 4. The van der Waals surface area contributed by atoms with Gasteiger partial charge in [0.25, 0.3) is 0 Å². The molecular formula is C18H18O8. The van der Waals surface area contributed by atoms with E-state index in [9.17, 15) is 20.1 Å². The lowest BCUT2D eigenvalue weighted by Crippen LogP contribution is -2.21. The standard InChI is InChI=1S/C18H18O8/c1-23-13-4-8(9(19)5-10(13)20)12-6-11(21)16-14(26-12)7-15(24-2)18(25-3)17(16)22/h4-5,7,12,19-20,22H,6H2,1-3H3/t12-/m0/s1. The Morgan fingerprint density at radius 3 is 2.27 bits per heavy atom. The van der Waals surface area contributed by atoms with Gasteiger partial charge in [-0.2, -0.15) is 0 Å². The molecule has 0 aliphatic carbocycles. The molecule has 0 aromatic heterocycles. The first-order valence-corrected chi connectivity index (χ1v) is 7.68. The number of carbonyl (C=O) groups is 1. The zero-order valence-corrected chi connectivity index (χ0v) is 14.4. The lowest BCUT2D eigenvalue weighted by molar-refractivity contribution is 0.0840. The molecule has 1 atom stereocenters. The fourth-order valence-electron chi connectivity index (χ4n) is 2.95. The van der Waals surface area contributed by atoms with Gasteiger partial charge < -0.3 is 34.3 Å². The van der Waals surface area contributed by atoms with Crippen molar-refractivity contribution >= 4 is 5.78 Å². The van der Waals surface area contributed by atoms with Crippen LogP contribution in [0.25, 0.3) is 0 Å². The largest absolute Gasteiger partial charge is 0.507 e. The number of hydrogen-bond acceptors (Lipinski definition) is 8. The van der Waals surface area contributed by atoms with Crippen molar-refractivity contribution in [1.82, 2.24) is 0 Å². The Kier molecular flexibility index (Phi) is 4.41. The lowest BCUT2D eigenvalue weighted by atomic mass is 9.94. The predicted molar refractivity (Wildman–Crippen MR) is 89.9 cm³/mol. The van der Waals surface area contributed by atoms with E-state index < -0.39 is 6.10 Å². The van der Waals surface area contributed by atoms with Crippen LogP contribution < -0.4 is 18.9 Å². The molecule has 8 heteroatoms. The van der Waals surface area contributed by atoms with Crippen molar-refractivity contribution in [3.8, 4) is 40.2 Å². The molecule has 2 aromatic rings. The molecule has 8 nitrogen and oxygen atoms in total. The maximum Gasteiger partial charge on any atom is 0.204 e. The molecule has 3 N–H and O–H groups in total. The van der Waals surface area contributed by atoms with Gasteiger partial charge in [0.15, 0.2) is 28.8 Å². The molecule has 0 saturated carbocycles. The van der Waals surface area contributed by atoms with Crippen LogP contribution in [-0.2, 0) is 0 Å². The summed E-state index contributed by atoms with van der Waals surface area (Å²) >= 11 is 0. The molecule has 0 amide bonds. The van der Waals surface area contributed by atoms with E-state index in [-0.39, 0.29) is 63.6 Å². The first kappa shape index (κ1) is 17.5. The number of Topliss-reactive ketones (excluding diaryl/α,β-unsaturated/α-hetero) is 1. The molecule has 1 aliphatic rings. The minimum absolute atomic E-state index is 0.0101. The Morgan fingerprint density at radius 1 is 0.962 bits per heavy atom. The number of rotatable bonds is 4. The van der Waals surface area contributed by atoms with E-state index in [4.69, 9.17) is 18.9 Å². The van der Waals surface area contributed by atoms with E-state index >= 15 is 0 Å². The van der Waals surface area contributed by atoms with Gasteiger partial charge in [0.1, 0.15) is 23.2 Å². The summed E-state index contributed by atoms with van der Waals surface area (Å²) in [6.45, 7) is 0. The Hall–Kier alpha value is -3.29. The Balaban J connectivity index is 2.08. The molecule has 0 bridgehead atoms. The fourth-order valence-corrected chi connectivity index (χ4v) is 2.95. The number of aromatic hydroxyl groups is 3. The third-order valence-electron chi connectivity index (χ3n) is 4.20. The summed E-state index contributed by atoms with van der Waals surface area (Å²) in [7, 11) is 4.11. The predicted octanol–water partition coefficient (Wildman–Crippen LogP) is 2.54. The van der Waals surface area contributed by atoms with Crippen molar-refractivity contribution in [1.29, 1.82) is 0 Å². The van der Waals surface area contributed by atoms with Crippen LogP contribution in [0.1, 0.15) is 28.4 Å². The minimum atomic E-state index is -0.831. The highest BCUT2D eigenvalue weighted by atomic mass is 16.5. The summed E-state index contributed by atoms with van der Waals surface area (Å²) in [4.78, 5) is 12.6. The van der Waals surface area contributed by atoms with Crippen LogP contribution in [0.4, 0.5) is 0 Å². The highest BCUT2D eigenvalue weighted by Gasteiger charge is 2.35. The number of phenolic OH excluding ortho intramolecular Hbond substituents is 3. The van der Waals surface area contributed by atoms with Gasteiger partial charge in [-0.25, -0.2) is 0 Å². The van der Waals surface area contributed by atoms with Gasteiger partial charge in [-0.05, 0) is 6.07 Å². The zero-order chi connectivity index (χ0) is 19.0. The van der Waals surface area contributed by atoms with Gasteiger partial charge >= 0.3 is 0 Å². The number of phenols is 3. The quantitative estimate of drug-likeness (QED) is 0.760. The van der Waals surface area contributed by atoms with Crippen LogP contribution in [0.15, 0.2) is 18.2 Å². The van der Waals surface area contributed by atoms with E-state index in [1.807, 2.05) is 0 Å². The Morgan fingerprint density at radius 2 is 1.65 bits per heavy atom. The van der Waals surface area contributed by atoms with Gasteiger partial charge in [0.2, 0.25) is 5.75 Å². The van der Waals surface area contributed by atoms with Crippen LogP contribution in [0, 0.1) is 0 Å². The first-order chi connectivity index (χ1) is 12.4. The van der Waals surface area contributed by atoms with Crippen LogP contribution in [0.2, 0.25) is 0 Å². The van der Waals surface area contributed by atoms with Crippen molar-refractivity contribution in [2.75, 3.05) is 21.3 Å². The molecule has 138 valence electrons. The highest BCUT2D eigenvalue weighted by molar-refractivity contribution is 6.03. The molecule has 0 unspecified atom stereocenters. The van der Waals surface area contributed by atoms with Crippen molar-refractivity contribution in [2.24, 2.45) is 0 Å². The number of hydrogen-bond donors (Lipinski definition) is 3. The van der Waals surface area contributed by atoms with Gasteiger partial charge in [0.05, 0.1) is 27.8 Å². The van der Waals surface area contributed by atoms with Gasteiger partial charge in [0, 0.05) is 17.7 Å². The average Bonchev–Trinajstić information content (AvgIpc) is 2.61. The van der Waals surface area contributed by atoms with Crippen molar-refractivity contribution in [2.45, 2.75) is 12.5 Å². The molecule has 1 aliphatic heterocycles. The third-order valence-corrected chi connectivity index (χ3v) is 4.20. The normalized spacial score (nSPS) is 15.8. The maximum absolute atomic E-state index is 12.6. The van der Waals surface area contributed by atoms with Crippen molar-refractivity contribution < 1.29 is 39.1 Å². The summed E-state index contributed by atoms with van der Waals surface area (Å²) in [5, 5.41) is 30.2. The molecule has 2 aromatic carbocycles. The Labute approximate surface area is 149 Å². The lowest BCUT2D eigenvalue weighted by Gasteiger charge is -2.27. The summed E-state index contributed by atoms with van der Waals surface area (Å²) < 4.78 is 21.1. The van der Waals surface area contributed by atoms with Crippen molar-refractivity contribution in [3.05, 3.63) is 29.3 Å². The SMILES string of the molecule is COc1cc([C@@H]2CC(=O)c3c(cc(OC)c(OC)c3O)O2)c(O)cc1O. The van der Waals surface area contributed by atoms with E-state index in [1.54, 1.807) is 0 Å². The first-order valence-electron chi connectivity index (χ1n) is 7.68. The highest BCUT2D eigenvalue weighted by Crippen LogP contribution is 2.50. The molecule has 0 radical (unpaired) electrons. The van der Waals surface area contributed by atoms with Gasteiger partial charge in [-0.15, -0.1) is 0 Å². The molecule has 26 heavy (non-hydrogen) atoms. The molecule has 3 rings (SSSR count). The second kappa shape index (κ2) is 6.55. The number of ketones is 1. The van der Waals surface area contributed by atoms with Crippen LogP contribution in [0.5, 0.6) is 40.2 Å². The van der Waals surface area contributed by atoms with Gasteiger partial charge in [-0.1, -0.05) is 0 Å². The van der Waals surface area contributed by atoms with E-state index in [2.05, 4.69) is 0 Å². The number of benzene rings is 2. The zero-order valence-electron chi connectivity index (χ0n) is 14.4. The van der Waals surface area contributed by atoms with E-state index in [1.165, 1.54) is 33.5 Å². The molecule has 1 heterocycles. The molecule has 0 fully saturated rings. The minimum Gasteiger partial charge on any atom is -0.507 e. The second-order valence-electron chi connectivity index (χ2n) is 5.65. The van der Waals surface area contributed by atoms with Crippen LogP contribution >= 0.6 is 0 Å². The van der Waals surface area contributed by atoms with E-state index in [0.29, 0.717) is 0 Å². The fraction of sp³-hybridized carbons (Fsp3) is 0.278. The topological polar surface area (TPSA) is 115 Å². The molecule has 0 spiro atoms.